The lowest BCUT2D eigenvalue weighted by atomic mass is 10.0. The Hall–Kier alpha value is -0.550. The van der Waals surface area contributed by atoms with Crippen LogP contribution in [-0.4, -0.2) is 16.3 Å². The molecule has 0 saturated carbocycles. The van der Waals surface area contributed by atoms with Gasteiger partial charge in [0.1, 0.15) is 0 Å². The van der Waals surface area contributed by atoms with Crippen LogP contribution in [0.3, 0.4) is 0 Å². The monoisotopic (exact) mass is 389 g/mol. The third kappa shape index (κ3) is 3.62. The van der Waals surface area contributed by atoms with Gasteiger partial charge in [0.05, 0.1) is 22.4 Å². The number of aryl methyl sites for hydroxylation is 1. The Morgan fingerprint density at radius 2 is 1.95 bits per heavy atom. The number of hydrogen-bond acceptors (Lipinski definition) is 2. The zero-order valence-corrected chi connectivity index (χ0v) is 15.1. The first-order valence-corrected chi connectivity index (χ1v) is 8.53. The van der Waals surface area contributed by atoms with Gasteiger partial charge in [0.15, 0.2) is 0 Å². The van der Waals surface area contributed by atoms with Gasteiger partial charge in [0, 0.05) is 22.2 Å². The van der Waals surface area contributed by atoms with E-state index in [-0.39, 0.29) is 6.04 Å². The Balaban J connectivity index is 2.56. The minimum Gasteiger partial charge on any atom is -0.305 e. The van der Waals surface area contributed by atoms with Gasteiger partial charge in [-0.2, -0.15) is 5.10 Å². The van der Waals surface area contributed by atoms with Crippen molar-refractivity contribution >= 4 is 39.1 Å². The first-order chi connectivity index (χ1) is 10.1. The van der Waals surface area contributed by atoms with Crippen LogP contribution in [-0.2, 0) is 6.54 Å². The fourth-order valence-electron chi connectivity index (χ4n) is 2.37. The topological polar surface area (TPSA) is 29.9 Å². The molecule has 0 saturated heterocycles. The summed E-state index contributed by atoms with van der Waals surface area (Å²) in [7, 11) is 0. The van der Waals surface area contributed by atoms with Crippen molar-refractivity contribution in [3.8, 4) is 0 Å². The molecule has 1 unspecified atom stereocenters. The molecule has 1 atom stereocenters. The Morgan fingerprint density at radius 1 is 1.29 bits per heavy atom. The minimum absolute atomic E-state index is 0.0976. The summed E-state index contributed by atoms with van der Waals surface area (Å²) >= 11 is 16.4. The molecule has 0 amide bonds. The number of rotatable bonds is 6. The van der Waals surface area contributed by atoms with Gasteiger partial charge in [-0.25, -0.2) is 0 Å². The van der Waals surface area contributed by atoms with E-state index in [1.54, 1.807) is 0 Å². The number of benzene rings is 1. The van der Waals surface area contributed by atoms with Crippen LogP contribution in [0.1, 0.15) is 37.6 Å². The highest BCUT2D eigenvalue weighted by Crippen LogP contribution is 2.36. The molecule has 3 nitrogen and oxygen atoms in total. The quantitative estimate of drug-likeness (QED) is 0.746. The summed E-state index contributed by atoms with van der Waals surface area (Å²) < 4.78 is 2.95. The van der Waals surface area contributed by atoms with Crippen molar-refractivity contribution in [1.29, 1.82) is 0 Å². The summed E-state index contributed by atoms with van der Waals surface area (Å²) in [5, 5.41) is 9.21. The zero-order valence-electron chi connectivity index (χ0n) is 12.0. The van der Waals surface area contributed by atoms with Gasteiger partial charge in [0.2, 0.25) is 0 Å². The van der Waals surface area contributed by atoms with Gasteiger partial charge in [-0.3, -0.25) is 4.68 Å². The molecule has 114 valence electrons. The highest BCUT2D eigenvalue weighted by Gasteiger charge is 2.25. The predicted molar refractivity (Wildman–Crippen MR) is 92.2 cm³/mol. The lowest BCUT2D eigenvalue weighted by molar-refractivity contribution is 0.519. The summed E-state index contributed by atoms with van der Waals surface area (Å²) in [6.07, 6.45) is 2.83. The van der Waals surface area contributed by atoms with Crippen LogP contribution in [0.5, 0.6) is 0 Å². The summed E-state index contributed by atoms with van der Waals surface area (Å²) in [5.74, 6) is 0. The van der Waals surface area contributed by atoms with E-state index in [9.17, 15) is 0 Å². The molecule has 2 rings (SSSR count). The van der Waals surface area contributed by atoms with Crippen molar-refractivity contribution in [2.75, 3.05) is 6.54 Å². The second-order valence-corrected chi connectivity index (χ2v) is 6.40. The molecule has 0 bridgehead atoms. The highest BCUT2D eigenvalue weighted by molar-refractivity contribution is 9.10. The summed E-state index contributed by atoms with van der Waals surface area (Å²) in [6.45, 7) is 5.84. The van der Waals surface area contributed by atoms with E-state index in [0.717, 1.165) is 35.2 Å². The number of halogens is 3. The molecule has 0 aliphatic carbocycles. The first kappa shape index (κ1) is 16.8. The maximum Gasteiger partial charge on any atom is 0.0789 e. The summed E-state index contributed by atoms with van der Waals surface area (Å²) in [5.41, 5.74) is 1.94. The molecular formula is C15H18BrCl2N3. The molecule has 0 aliphatic rings. The van der Waals surface area contributed by atoms with Gasteiger partial charge in [-0.05, 0) is 41.0 Å². The van der Waals surface area contributed by atoms with E-state index in [4.69, 9.17) is 23.2 Å². The Labute approximate surface area is 143 Å². The molecule has 1 heterocycles. The Morgan fingerprint density at radius 3 is 2.52 bits per heavy atom. The van der Waals surface area contributed by atoms with Gasteiger partial charge in [-0.1, -0.05) is 43.1 Å². The molecule has 6 heteroatoms. The van der Waals surface area contributed by atoms with Crippen molar-refractivity contribution in [3.05, 3.63) is 50.2 Å². The molecule has 2 aromatic rings. The molecule has 0 fully saturated rings. The Kier molecular flexibility index (Phi) is 6.11. The van der Waals surface area contributed by atoms with Crippen LogP contribution in [0.4, 0.5) is 0 Å². The maximum absolute atomic E-state index is 6.39. The predicted octanol–water partition coefficient (Wildman–Crippen LogP) is 5.06. The Bertz CT molecular complexity index is 593. The smallest absolute Gasteiger partial charge is 0.0789 e. The van der Waals surface area contributed by atoms with Crippen LogP contribution in [0, 0.1) is 0 Å². The molecule has 1 aromatic heterocycles. The minimum atomic E-state index is -0.0976. The van der Waals surface area contributed by atoms with Gasteiger partial charge in [0.25, 0.3) is 0 Å². The number of hydrogen-bond donors (Lipinski definition) is 1. The molecule has 1 aromatic carbocycles. The van der Waals surface area contributed by atoms with Crippen LogP contribution in [0.2, 0.25) is 10.0 Å². The molecule has 0 aliphatic heterocycles. The molecule has 1 N–H and O–H groups in total. The fourth-order valence-corrected chi connectivity index (χ4v) is 3.52. The van der Waals surface area contributed by atoms with Crippen molar-refractivity contribution in [2.24, 2.45) is 0 Å². The zero-order chi connectivity index (χ0) is 15.4. The van der Waals surface area contributed by atoms with E-state index in [1.165, 1.54) is 0 Å². The fraction of sp³-hybridized carbons (Fsp3) is 0.400. The molecular weight excluding hydrogens is 373 g/mol. The maximum atomic E-state index is 6.39. The van der Waals surface area contributed by atoms with E-state index in [0.29, 0.717) is 10.0 Å². The van der Waals surface area contributed by atoms with E-state index < -0.39 is 0 Å². The van der Waals surface area contributed by atoms with Crippen LogP contribution < -0.4 is 5.32 Å². The van der Waals surface area contributed by atoms with Crippen LogP contribution in [0.25, 0.3) is 0 Å². The number of aromatic nitrogens is 2. The van der Waals surface area contributed by atoms with Crippen molar-refractivity contribution in [3.63, 3.8) is 0 Å². The lowest BCUT2D eigenvalue weighted by Crippen LogP contribution is -2.26. The van der Waals surface area contributed by atoms with Crippen molar-refractivity contribution in [1.82, 2.24) is 15.1 Å². The average Bonchev–Trinajstić information content (AvgIpc) is 2.79. The first-order valence-electron chi connectivity index (χ1n) is 6.98. The SMILES string of the molecule is CCCn1ncc(Br)c1C(NCC)c1c(Cl)cccc1Cl. The third-order valence-electron chi connectivity index (χ3n) is 3.24. The highest BCUT2D eigenvalue weighted by atomic mass is 79.9. The van der Waals surface area contributed by atoms with Gasteiger partial charge in [-0.15, -0.1) is 0 Å². The average molecular weight is 391 g/mol. The standard InChI is InChI=1S/C15H18BrCl2N3/c1-3-8-21-15(10(16)9-20-21)14(19-4-2)13-11(17)6-5-7-12(13)18/h5-7,9,14,19H,3-4,8H2,1-2H3. The molecule has 0 radical (unpaired) electrons. The summed E-state index contributed by atoms with van der Waals surface area (Å²) in [6, 6.07) is 5.48. The second kappa shape index (κ2) is 7.63. The largest absolute Gasteiger partial charge is 0.305 e. The third-order valence-corrected chi connectivity index (χ3v) is 4.51. The van der Waals surface area contributed by atoms with Crippen LogP contribution >= 0.6 is 39.1 Å². The number of nitrogens with zero attached hydrogens (tertiary/aromatic N) is 2. The second-order valence-electron chi connectivity index (χ2n) is 4.73. The van der Waals surface area contributed by atoms with E-state index in [1.807, 2.05) is 29.1 Å². The normalized spacial score (nSPS) is 12.6. The lowest BCUT2D eigenvalue weighted by Gasteiger charge is -2.22. The van der Waals surface area contributed by atoms with Crippen LogP contribution in [0.15, 0.2) is 28.9 Å². The van der Waals surface area contributed by atoms with Crippen molar-refractivity contribution < 1.29 is 0 Å². The molecule has 0 spiro atoms. The van der Waals surface area contributed by atoms with Gasteiger partial charge < -0.3 is 5.32 Å². The van der Waals surface area contributed by atoms with E-state index >= 15 is 0 Å². The van der Waals surface area contributed by atoms with Gasteiger partial charge >= 0.3 is 0 Å². The van der Waals surface area contributed by atoms with Crippen molar-refractivity contribution in [2.45, 2.75) is 32.9 Å². The number of nitrogens with one attached hydrogen (secondary N) is 1. The van der Waals surface area contributed by atoms with E-state index in [2.05, 4.69) is 40.2 Å². The molecule has 21 heavy (non-hydrogen) atoms. The summed E-state index contributed by atoms with van der Waals surface area (Å²) in [4.78, 5) is 0.